The summed E-state index contributed by atoms with van der Waals surface area (Å²) in [6, 6.07) is 15.2. The van der Waals surface area contributed by atoms with Crippen LogP contribution in [-0.4, -0.2) is 13.1 Å². The molecule has 1 aliphatic heterocycles. The van der Waals surface area contributed by atoms with Crippen LogP contribution >= 0.6 is 0 Å². The van der Waals surface area contributed by atoms with Crippen molar-refractivity contribution in [3.63, 3.8) is 0 Å². The zero-order valence-electron chi connectivity index (χ0n) is 12.6. The van der Waals surface area contributed by atoms with Gasteiger partial charge >= 0.3 is 5.97 Å². The molecule has 1 aliphatic carbocycles. The van der Waals surface area contributed by atoms with E-state index in [9.17, 15) is 4.79 Å². The lowest BCUT2D eigenvalue weighted by molar-refractivity contribution is -0.136. The lowest BCUT2D eigenvalue weighted by atomic mass is 9.90. The molecule has 3 nitrogen and oxygen atoms in total. The van der Waals surface area contributed by atoms with Gasteiger partial charge in [-0.05, 0) is 47.2 Å². The number of benzene rings is 2. The Bertz CT molecular complexity index is 778. The smallest absolute Gasteiger partial charge is 0.354 e. The van der Waals surface area contributed by atoms with Crippen LogP contribution in [0.2, 0.25) is 0 Å². The maximum atomic E-state index is 12.0. The number of hydrogen-bond donors (Lipinski definition) is 1. The quantitative estimate of drug-likeness (QED) is 0.858. The Morgan fingerprint density at radius 1 is 1.18 bits per heavy atom. The second-order valence-corrected chi connectivity index (χ2v) is 6.12. The second kappa shape index (κ2) is 5.16. The topological polar surface area (TPSA) is 38.3 Å². The van der Waals surface area contributed by atoms with Crippen molar-refractivity contribution < 1.29 is 9.53 Å². The first kappa shape index (κ1) is 13.4. The van der Waals surface area contributed by atoms with Gasteiger partial charge in [-0.2, -0.15) is 0 Å². The van der Waals surface area contributed by atoms with Crippen LogP contribution in [0.25, 0.3) is 10.8 Å². The van der Waals surface area contributed by atoms with E-state index in [4.69, 9.17) is 4.74 Å². The van der Waals surface area contributed by atoms with E-state index in [2.05, 4.69) is 47.8 Å². The number of carbonyl (C=O) groups excluding carboxylic acids is 1. The number of carbonyl (C=O) groups is 1. The number of hydrogen-bond acceptors (Lipinski definition) is 3. The largest absolute Gasteiger partial charge is 0.464 e. The van der Waals surface area contributed by atoms with Crippen molar-refractivity contribution in [2.45, 2.75) is 25.3 Å². The van der Waals surface area contributed by atoms with Gasteiger partial charge in [-0.3, -0.25) is 0 Å². The lowest BCUT2D eigenvalue weighted by Gasteiger charge is -2.20. The van der Waals surface area contributed by atoms with E-state index in [0.717, 1.165) is 19.3 Å². The van der Waals surface area contributed by atoms with Crippen LogP contribution in [0.4, 0.5) is 0 Å². The standard InChI is InChI=1S/C19H19NO2/c1-22-19(21)18-16-8-4-7-15(16)17(20-18)14-10-9-12-5-2-3-6-13(12)11-14/h2-3,5-6,9-11,15,17,20H,4,7-8H2,1H3. The third-order valence-electron chi connectivity index (χ3n) is 4.95. The zero-order valence-corrected chi connectivity index (χ0v) is 12.6. The highest BCUT2D eigenvalue weighted by Gasteiger charge is 2.40. The molecule has 0 bridgehead atoms. The number of rotatable bonds is 2. The van der Waals surface area contributed by atoms with Crippen LogP contribution in [0.15, 0.2) is 53.7 Å². The molecular formula is C19H19NO2. The molecule has 0 radical (unpaired) electrons. The van der Waals surface area contributed by atoms with E-state index < -0.39 is 0 Å². The summed E-state index contributed by atoms with van der Waals surface area (Å²) >= 11 is 0. The lowest BCUT2D eigenvalue weighted by Crippen LogP contribution is -2.23. The van der Waals surface area contributed by atoms with Gasteiger partial charge in [-0.1, -0.05) is 36.4 Å². The minimum atomic E-state index is -0.231. The summed E-state index contributed by atoms with van der Waals surface area (Å²) in [7, 11) is 1.45. The molecule has 0 amide bonds. The minimum Gasteiger partial charge on any atom is -0.464 e. The van der Waals surface area contributed by atoms with Crippen molar-refractivity contribution >= 4 is 16.7 Å². The molecule has 2 aliphatic rings. The highest BCUT2D eigenvalue weighted by atomic mass is 16.5. The van der Waals surface area contributed by atoms with Gasteiger partial charge in [0.25, 0.3) is 0 Å². The number of nitrogens with one attached hydrogen (secondary N) is 1. The molecule has 2 aromatic rings. The predicted molar refractivity (Wildman–Crippen MR) is 86.2 cm³/mol. The van der Waals surface area contributed by atoms with Crippen LogP contribution in [0.3, 0.4) is 0 Å². The summed E-state index contributed by atoms with van der Waals surface area (Å²) in [4.78, 5) is 12.0. The van der Waals surface area contributed by atoms with Gasteiger partial charge < -0.3 is 10.1 Å². The molecule has 4 rings (SSSR count). The molecule has 2 aromatic carbocycles. The van der Waals surface area contributed by atoms with Crippen molar-refractivity contribution in [1.82, 2.24) is 5.32 Å². The van der Waals surface area contributed by atoms with Crippen molar-refractivity contribution in [1.29, 1.82) is 0 Å². The molecule has 1 N–H and O–H groups in total. The van der Waals surface area contributed by atoms with Gasteiger partial charge in [0.15, 0.2) is 0 Å². The maximum Gasteiger partial charge on any atom is 0.354 e. The molecular weight excluding hydrogens is 274 g/mol. The van der Waals surface area contributed by atoms with E-state index in [-0.39, 0.29) is 12.0 Å². The fourth-order valence-corrected chi connectivity index (χ4v) is 3.91. The molecule has 1 saturated carbocycles. The maximum absolute atomic E-state index is 12.0. The van der Waals surface area contributed by atoms with Crippen molar-refractivity contribution in [2.24, 2.45) is 5.92 Å². The first-order valence-electron chi connectivity index (χ1n) is 7.84. The first-order valence-corrected chi connectivity index (χ1v) is 7.84. The molecule has 1 heterocycles. The zero-order chi connectivity index (χ0) is 15.1. The number of ether oxygens (including phenoxy) is 1. The third kappa shape index (κ3) is 2.00. The highest BCUT2D eigenvalue weighted by Crippen LogP contribution is 2.46. The van der Waals surface area contributed by atoms with Gasteiger partial charge in [0.05, 0.1) is 13.2 Å². The van der Waals surface area contributed by atoms with Gasteiger partial charge in [0.2, 0.25) is 0 Å². The average molecular weight is 293 g/mol. The third-order valence-corrected chi connectivity index (χ3v) is 4.95. The van der Waals surface area contributed by atoms with Crippen LogP contribution in [-0.2, 0) is 9.53 Å². The highest BCUT2D eigenvalue weighted by molar-refractivity contribution is 5.90. The Balaban J connectivity index is 1.72. The molecule has 112 valence electrons. The summed E-state index contributed by atoms with van der Waals surface area (Å²) in [6.45, 7) is 0. The summed E-state index contributed by atoms with van der Waals surface area (Å²) in [5, 5.41) is 5.92. The molecule has 0 aromatic heterocycles. The molecule has 22 heavy (non-hydrogen) atoms. The fourth-order valence-electron chi connectivity index (χ4n) is 3.91. The van der Waals surface area contributed by atoms with Crippen molar-refractivity contribution in [2.75, 3.05) is 7.11 Å². The second-order valence-electron chi connectivity index (χ2n) is 6.12. The van der Waals surface area contributed by atoms with E-state index >= 15 is 0 Å². The Hall–Kier alpha value is -2.29. The van der Waals surface area contributed by atoms with E-state index in [1.807, 2.05) is 0 Å². The first-order chi connectivity index (χ1) is 10.8. The SMILES string of the molecule is COC(=O)C1=C2CCCC2C(c2ccc3ccccc3c2)N1. The molecule has 2 atom stereocenters. The summed E-state index contributed by atoms with van der Waals surface area (Å²) in [5.74, 6) is 0.195. The molecule has 0 saturated heterocycles. The normalized spacial score (nSPS) is 23.5. The summed E-state index contributed by atoms with van der Waals surface area (Å²) in [6.07, 6.45) is 3.30. The van der Waals surface area contributed by atoms with Crippen molar-refractivity contribution in [3.05, 3.63) is 59.3 Å². The van der Waals surface area contributed by atoms with E-state index in [0.29, 0.717) is 11.6 Å². The number of esters is 1. The summed E-state index contributed by atoms with van der Waals surface area (Å²) in [5.41, 5.74) is 3.20. The van der Waals surface area contributed by atoms with E-state index in [1.165, 1.54) is 29.0 Å². The molecule has 3 heteroatoms. The van der Waals surface area contributed by atoms with Crippen LogP contribution in [0, 0.1) is 5.92 Å². The monoisotopic (exact) mass is 293 g/mol. The summed E-state index contributed by atoms with van der Waals surface area (Å²) < 4.78 is 4.94. The number of methoxy groups -OCH3 is 1. The average Bonchev–Trinajstić information content (AvgIpc) is 3.16. The van der Waals surface area contributed by atoms with Gasteiger partial charge in [0, 0.05) is 5.92 Å². The van der Waals surface area contributed by atoms with E-state index in [1.54, 1.807) is 0 Å². The number of fused-ring (bicyclic) bond motifs is 2. The van der Waals surface area contributed by atoms with Gasteiger partial charge in [0.1, 0.15) is 5.70 Å². The van der Waals surface area contributed by atoms with Gasteiger partial charge in [-0.15, -0.1) is 0 Å². The van der Waals surface area contributed by atoms with Crippen LogP contribution in [0.5, 0.6) is 0 Å². The Morgan fingerprint density at radius 3 is 2.82 bits per heavy atom. The van der Waals surface area contributed by atoms with Crippen LogP contribution in [0.1, 0.15) is 30.9 Å². The molecule has 1 fully saturated rings. The molecule has 0 spiro atoms. The Morgan fingerprint density at radius 2 is 2.00 bits per heavy atom. The van der Waals surface area contributed by atoms with Gasteiger partial charge in [-0.25, -0.2) is 4.79 Å². The Labute approximate surface area is 130 Å². The Kier molecular flexibility index (Phi) is 3.14. The predicted octanol–water partition coefficient (Wildman–Crippen LogP) is 3.71. The minimum absolute atomic E-state index is 0.191. The molecule has 2 unspecified atom stereocenters. The van der Waals surface area contributed by atoms with Crippen molar-refractivity contribution in [3.8, 4) is 0 Å². The fraction of sp³-hybridized carbons (Fsp3) is 0.316. The van der Waals surface area contributed by atoms with Crippen LogP contribution < -0.4 is 5.32 Å².